The fraction of sp³-hybridized carbons (Fsp3) is 0.188. The normalized spacial score (nSPS) is 10.6. The van der Waals surface area contributed by atoms with E-state index in [4.69, 9.17) is 5.73 Å². The second-order valence-corrected chi connectivity index (χ2v) is 5.78. The van der Waals surface area contributed by atoms with Crippen molar-refractivity contribution in [2.75, 3.05) is 16.4 Å². The number of nitrogens with one attached hydrogen (secondary N) is 2. The molecule has 7 nitrogen and oxygen atoms in total. The first-order valence-corrected chi connectivity index (χ1v) is 8.07. The van der Waals surface area contributed by atoms with Gasteiger partial charge in [0, 0.05) is 30.3 Å². The largest absolute Gasteiger partial charge is 0.399 e. The maximum atomic E-state index is 5.80. The van der Waals surface area contributed by atoms with Gasteiger partial charge in [-0.2, -0.15) is 10.1 Å². The van der Waals surface area contributed by atoms with Gasteiger partial charge in [0.2, 0.25) is 5.95 Å². The minimum absolute atomic E-state index is 0.468. The van der Waals surface area contributed by atoms with E-state index in [0.29, 0.717) is 22.3 Å². The average Bonchev–Trinajstić information content (AvgIpc) is 2.98. The molecule has 0 spiro atoms. The van der Waals surface area contributed by atoms with Gasteiger partial charge >= 0.3 is 0 Å². The lowest BCUT2D eigenvalue weighted by molar-refractivity contribution is 0.603. The molecule has 0 aliphatic carbocycles. The standard InChI is InChI=1S/C16H19N7S/c1-2-6-23-10-13(8-19-23)21-16-18-9-14(24)15(22-16)20-12-5-3-4-11(17)7-12/h3-5,7-10,24H,2,6,17H2,1H3,(H2,18,20,21,22). The van der Waals surface area contributed by atoms with Crippen molar-refractivity contribution in [3.05, 3.63) is 42.9 Å². The molecule has 4 N–H and O–H groups in total. The van der Waals surface area contributed by atoms with Crippen molar-refractivity contribution < 1.29 is 0 Å². The quantitative estimate of drug-likeness (QED) is 0.405. The molecule has 0 radical (unpaired) electrons. The van der Waals surface area contributed by atoms with Crippen LogP contribution in [0.1, 0.15) is 13.3 Å². The second-order valence-electron chi connectivity index (χ2n) is 5.30. The van der Waals surface area contributed by atoms with E-state index in [9.17, 15) is 0 Å². The Balaban J connectivity index is 1.77. The number of benzene rings is 1. The highest BCUT2D eigenvalue weighted by atomic mass is 32.1. The van der Waals surface area contributed by atoms with Gasteiger partial charge in [0.1, 0.15) is 5.82 Å². The van der Waals surface area contributed by atoms with Crippen molar-refractivity contribution in [2.45, 2.75) is 24.8 Å². The molecular formula is C16H19N7S. The molecular weight excluding hydrogens is 322 g/mol. The predicted octanol–water partition coefficient (Wildman–Crippen LogP) is 3.44. The van der Waals surface area contributed by atoms with Crippen LogP contribution >= 0.6 is 12.6 Å². The van der Waals surface area contributed by atoms with Crippen LogP contribution in [-0.2, 0) is 6.54 Å². The third kappa shape index (κ3) is 3.96. The van der Waals surface area contributed by atoms with Gasteiger partial charge in [-0.05, 0) is 24.6 Å². The summed E-state index contributed by atoms with van der Waals surface area (Å²) in [6.45, 7) is 2.98. The first-order chi connectivity index (χ1) is 11.6. The summed E-state index contributed by atoms with van der Waals surface area (Å²) in [6.07, 6.45) is 6.34. The van der Waals surface area contributed by atoms with Gasteiger partial charge in [0.25, 0.3) is 0 Å². The fourth-order valence-electron chi connectivity index (χ4n) is 2.19. The van der Waals surface area contributed by atoms with Gasteiger partial charge in [0.05, 0.1) is 16.8 Å². The van der Waals surface area contributed by atoms with Crippen LogP contribution in [0.5, 0.6) is 0 Å². The zero-order valence-electron chi connectivity index (χ0n) is 13.3. The van der Waals surface area contributed by atoms with Crippen molar-refractivity contribution in [2.24, 2.45) is 0 Å². The molecule has 0 amide bonds. The molecule has 2 aromatic heterocycles. The van der Waals surface area contributed by atoms with Crippen LogP contribution in [0.3, 0.4) is 0 Å². The molecule has 124 valence electrons. The molecule has 0 unspecified atom stereocenters. The Labute approximate surface area is 145 Å². The van der Waals surface area contributed by atoms with E-state index in [0.717, 1.165) is 24.3 Å². The van der Waals surface area contributed by atoms with Gasteiger partial charge in [-0.1, -0.05) is 13.0 Å². The molecule has 2 heterocycles. The molecule has 24 heavy (non-hydrogen) atoms. The highest BCUT2D eigenvalue weighted by Gasteiger charge is 2.07. The van der Waals surface area contributed by atoms with Gasteiger partial charge in [-0.3, -0.25) is 4.68 Å². The molecule has 0 aliphatic heterocycles. The topological polar surface area (TPSA) is 93.7 Å². The Kier molecular flexibility index (Phi) is 4.85. The third-order valence-electron chi connectivity index (χ3n) is 3.26. The van der Waals surface area contributed by atoms with Gasteiger partial charge in [0.15, 0.2) is 0 Å². The second kappa shape index (κ2) is 7.22. The number of nitrogens with zero attached hydrogens (tertiary/aromatic N) is 4. The Morgan fingerprint density at radius 1 is 1.21 bits per heavy atom. The number of anilines is 5. The molecule has 0 saturated heterocycles. The lowest BCUT2D eigenvalue weighted by atomic mass is 10.3. The van der Waals surface area contributed by atoms with Crippen molar-refractivity contribution in [3.63, 3.8) is 0 Å². The lowest BCUT2D eigenvalue weighted by Crippen LogP contribution is -2.02. The van der Waals surface area contributed by atoms with Gasteiger partial charge in [-0.25, -0.2) is 4.98 Å². The summed E-state index contributed by atoms with van der Waals surface area (Å²) >= 11 is 4.40. The molecule has 0 aliphatic rings. The van der Waals surface area contributed by atoms with Crippen molar-refractivity contribution in [3.8, 4) is 0 Å². The third-order valence-corrected chi connectivity index (χ3v) is 3.59. The maximum Gasteiger partial charge on any atom is 0.229 e. The highest BCUT2D eigenvalue weighted by Crippen LogP contribution is 2.24. The number of aromatic nitrogens is 4. The summed E-state index contributed by atoms with van der Waals surface area (Å²) in [5, 5.41) is 10.6. The molecule has 8 heteroatoms. The number of hydrogen-bond acceptors (Lipinski definition) is 7. The molecule has 3 rings (SSSR count). The van der Waals surface area contributed by atoms with E-state index in [1.165, 1.54) is 0 Å². The minimum Gasteiger partial charge on any atom is -0.399 e. The van der Waals surface area contributed by atoms with Gasteiger partial charge < -0.3 is 16.4 Å². The van der Waals surface area contributed by atoms with E-state index in [2.05, 4.69) is 45.3 Å². The van der Waals surface area contributed by atoms with Crippen LogP contribution in [0, 0.1) is 0 Å². The number of rotatable bonds is 6. The fourth-order valence-corrected chi connectivity index (χ4v) is 2.35. The number of nitrogens with two attached hydrogens (primary N) is 1. The first kappa shape index (κ1) is 16.1. The average molecular weight is 341 g/mol. The Hall–Kier alpha value is -2.74. The van der Waals surface area contributed by atoms with Crippen molar-refractivity contribution in [1.82, 2.24) is 19.7 Å². The summed E-state index contributed by atoms with van der Waals surface area (Å²) in [6, 6.07) is 7.44. The number of thiol groups is 1. The van der Waals surface area contributed by atoms with E-state index < -0.39 is 0 Å². The molecule has 0 saturated carbocycles. The Morgan fingerprint density at radius 2 is 2.08 bits per heavy atom. The molecule has 0 bridgehead atoms. The van der Waals surface area contributed by atoms with E-state index in [1.54, 1.807) is 12.4 Å². The van der Waals surface area contributed by atoms with E-state index in [1.807, 2.05) is 35.1 Å². The number of nitrogen functional groups attached to an aromatic ring is 1. The SMILES string of the molecule is CCCn1cc(Nc2ncc(S)c(Nc3cccc(N)c3)n2)cn1. The number of aryl methyl sites for hydroxylation is 1. The van der Waals surface area contributed by atoms with Crippen LogP contribution in [0.2, 0.25) is 0 Å². The Bertz CT molecular complexity index is 831. The molecule has 0 fully saturated rings. The molecule has 1 aromatic carbocycles. The van der Waals surface area contributed by atoms with E-state index >= 15 is 0 Å². The molecule has 3 aromatic rings. The summed E-state index contributed by atoms with van der Waals surface area (Å²) in [5.41, 5.74) is 8.15. The van der Waals surface area contributed by atoms with Crippen LogP contribution < -0.4 is 16.4 Å². The van der Waals surface area contributed by atoms with E-state index in [-0.39, 0.29) is 0 Å². The van der Waals surface area contributed by atoms with Crippen molar-refractivity contribution >= 4 is 41.5 Å². The minimum atomic E-state index is 0.468. The predicted molar refractivity (Wildman–Crippen MR) is 99.2 cm³/mol. The summed E-state index contributed by atoms with van der Waals surface area (Å²) < 4.78 is 1.88. The van der Waals surface area contributed by atoms with Gasteiger partial charge in [-0.15, -0.1) is 12.6 Å². The van der Waals surface area contributed by atoms with Crippen LogP contribution in [0.15, 0.2) is 47.8 Å². The smallest absolute Gasteiger partial charge is 0.229 e. The maximum absolute atomic E-state index is 5.80. The Morgan fingerprint density at radius 3 is 2.88 bits per heavy atom. The first-order valence-electron chi connectivity index (χ1n) is 7.62. The highest BCUT2D eigenvalue weighted by molar-refractivity contribution is 7.80. The summed E-state index contributed by atoms with van der Waals surface area (Å²) in [5.74, 6) is 1.07. The van der Waals surface area contributed by atoms with Crippen LogP contribution in [-0.4, -0.2) is 19.7 Å². The van der Waals surface area contributed by atoms with Crippen molar-refractivity contribution in [1.29, 1.82) is 0 Å². The molecule has 0 atom stereocenters. The zero-order valence-corrected chi connectivity index (χ0v) is 14.2. The number of hydrogen-bond donors (Lipinski definition) is 4. The van der Waals surface area contributed by atoms with Crippen LogP contribution in [0.25, 0.3) is 0 Å². The lowest BCUT2D eigenvalue weighted by Gasteiger charge is -2.10. The summed E-state index contributed by atoms with van der Waals surface area (Å²) in [7, 11) is 0. The zero-order chi connectivity index (χ0) is 16.9. The van der Waals surface area contributed by atoms with Crippen LogP contribution in [0.4, 0.5) is 28.8 Å². The summed E-state index contributed by atoms with van der Waals surface area (Å²) in [4.78, 5) is 9.35. The monoisotopic (exact) mass is 341 g/mol.